The minimum Gasteiger partial charge on any atom is -0.478 e. The number of fused-ring (bicyclic) bond motifs is 1. The third kappa shape index (κ3) is 1.89. The molecular formula is C16H13NO2. The first-order valence-electron chi connectivity index (χ1n) is 6.05. The predicted octanol–water partition coefficient (Wildman–Crippen LogP) is 3.38. The molecule has 1 aliphatic heterocycles. The van der Waals surface area contributed by atoms with E-state index in [1.807, 2.05) is 24.3 Å². The third-order valence-electron chi connectivity index (χ3n) is 3.41. The average Bonchev–Trinajstić information content (AvgIpc) is 2.77. The molecule has 2 aromatic carbocycles. The fraction of sp³-hybridized carbons (Fsp3) is 0.0625. The lowest BCUT2D eigenvalue weighted by Gasteiger charge is -2.19. The molecule has 0 fully saturated rings. The number of rotatable bonds is 2. The minimum atomic E-state index is -0.907. The summed E-state index contributed by atoms with van der Waals surface area (Å²) in [5.41, 5.74) is 4.62. The van der Waals surface area contributed by atoms with Gasteiger partial charge in [0.2, 0.25) is 0 Å². The Labute approximate surface area is 111 Å². The molecule has 0 aromatic heterocycles. The highest BCUT2D eigenvalue weighted by Crippen LogP contribution is 2.35. The van der Waals surface area contributed by atoms with Gasteiger partial charge in [-0.15, -0.1) is 0 Å². The third-order valence-corrected chi connectivity index (χ3v) is 3.41. The number of carboxylic acid groups (broad SMARTS) is 1. The number of anilines is 1. The largest absolute Gasteiger partial charge is 0.478 e. The molecule has 0 spiro atoms. The highest BCUT2D eigenvalue weighted by atomic mass is 16.4. The van der Waals surface area contributed by atoms with E-state index in [1.54, 1.807) is 12.1 Å². The molecule has 0 bridgehead atoms. The molecule has 0 saturated heterocycles. The molecule has 0 aliphatic carbocycles. The van der Waals surface area contributed by atoms with Crippen LogP contribution in [-0.4, -0.2) is 11.1 Å². The predicted molar refractivity (Wildman–Crippen MR) is 75.1 cm³/mol. The van der Waals surface area contributed by atoms with Gasteiger partial charge in [0.1, 0.15) is 0 Å². The molecule has 3 rings (SSSR count). The maximum Gasteiger partial charge on any atom is 0.335 e. The quantitative estimate of drug-likeness (QED) is 0.889. The smallest absolute Gasteiger partial charge is 0.335 e. The first kappa shape index (κ1) is 11.5. The Kier molecular flexibility index (Phi) is 2.60. The topological polar surface area (TPSA) is 40.5 Å². The van der Waals surface area contributed by atoms with Crippen molar-refractivity contribution in [3.05, 3.63) is 71.8 Å². The van der Waals surface area contributed by atoms with Crippen LogP contribution in [0.2, 0.25) is 0 Å². The average molecular weight is 251 g/mol. The number of carboxylic acids is 1. The second-order valence-corrected chi connectivity index (χ2v) is 4.54. The number of aromatic carboxylic acids is 1. The summed E-state index contributed by atoms with van der Waals surface area (Å²) in [6.07, 6.45) is 0. The van der Waals surface area contributed by atoms with Gasteiger partial charge in [-0.25, -0.2) is 4.79 Å². The van der Waals surface area contributed by atoms with E-state index in [0.717, 1.165) is 23.5 Å². The Hall–Kier alpha value is -2.55. The highest BCUT2D eigenvalue weighted by molar-refractivity contribution is 5.89. The van der Waals surface area contributed by atoms with Gasteiger partial charge in [-0.3, -0.25) is 0 Å². The van der Waals surface area contributed by atoms with Crippen molar-refractivity contribution in [1.29, 1.82) is 0 Å². The molecule has 1 aliphatic rings. The van der Waals surface area contributed by atoms with Crippen LogP contribution in [0, 0.1) is 0 Å². The molecule has 0 saturated carbocycles. The summed E-state index contributed by atoms with van der Waals surface area (Å²) >= 11 is 0. The molecule has 3 nitrogen and oxygen atoms in total. The van der Waals surface area contributed by atoms with Crippen LogP contribution in [0.4, 0.5) is 5.69 Å². The standard InChI is InChI=1S/C16H13NO2/c1-11-15-5-3-2-4-13(15)10-17(11)14-8-6-12(7-9-14)16(18)19/h2-9H,1,10H2,(H,18,19). The lowest BCUT2D eigenvalue weighted by molar-refractivity contribution is 0.0697. The molecule has 19 heavy (non-hydrogen) atoms. The van der Waals surface area contributed by atoms with Gasteiger partial charge in [0, 0.05) is 23.5 Å². The van der Waals surface area contributed by atoms with Gasteiger partial charge in [-0.05, 0) is 29.8 Å². The number of carbonyl (C=O) groups is 1. The van der Waals surface area contributed by atoms with E-state index in [2.05, 4.69) is 23.6 Å². The molecule has 0 unspecified atom stereocenters. The van der Waals surface area contributed by atoms with Crippen LogP contribution in [0.25, 0.3) is 5.70 Å². The number of hydrogen-bond acceptors (Lipinski definition) is 2. The van der Waals surface area contributed by atoms with Crippen molar-refractivity contribution in [3.8, 4) is 0 Å². The van der Waals surface area contributed by atoms with Gasteiger partial charge in [-0.2, -0.15) is 0 Å². The molecule has 2 aromatic rings. The molecule has 3 heteroatoms. The van der Waals surface area contributed by atoms with Crippen molar-refractivity contribution < 1.29 is 9.90 Å². The van der Waals surface area contributed by atoms with Crippen molar-refractivity contribution in [2.24, 2.45) is 0 Å². The summed E-state index contributed by atoms with van der Waals surface area (Å²) in [6.45, 7) is 4.90. The fourth-order valence-corrected chi connectivity index (χ4v) is 2.38. The number of benzene rings is 2. The second kappa shape index (κ2) is 4.28. The summed E-state index contributed by atoms with van der Waals surface area (Å²) in [6, 6.07) is 15.0. The van der Waals surface area contributed by atoms with Crippen LogP contribution in [0.5, 0.6) is 0 Å². The summed E-state index contributed by atoms with van der Waals surface area (Å²) in [4.78, 5) is 12.9. The Bertz CT molecular complexity index is 659. The Morgan fingerprint density at radius 1 is 1.11 bits per heavy atom. The van der Waals surface area contributed by atoms with E-state index >= 15 is 0 Å². The zero-order chi connectivity index (χ0) is 13.4. The van der Waals surface area contributed by atoms with Gasteiger partial charge in [0.25, 0.3) is 0 Å². The lowest BCUT2D eigenvalue weighted by atomic mass is 10.1. The molecule has 1 heterocycles. The molecule has 0 radical (unpaired) electrons. The van der Waals surface area contributed by atoms with Crippen LogP contribution in [0.1, 0.15) is 21.5 Å². The molecule has 1 N–H and O–H groups in total. The van der Waals surface area contributed by atoms with E-state index in [-0.39, 0.29) is 0 Å². The Balaban J connectivity index is 1.93. The van der Waals surface area contributed by atoms with Crippen molar-refractivity contribution in [2.45, 2.75) is 6.54 Å². The van der Waals surface area contributed by atoms with Gasteiger partial charge in [0.05, 0.1) is 5.56 Å². The number of nitrogens with zero attached hydrogens (tertiary/aromatic N) is 1. The van der Waals surface area contributed by atoms with Crippen LogP contribution in [0.15, 0.2) is 55.1 Å². The lowest BCUT2D eigenvalue weighted by Crippen LogP contribution is -2.13. The van der Waals surface area contributed by atoms with Crippen molar-refractivity contribution >= 4 is 17.4 Å². The van der Waals surface area contributed by atoms with Crippen LogP contribution < -0.4 is 4.90 Å². The normalized spacial score (nSPS) is 13.5. The zero-order valence-corrected chi connectivity index (χ0v) is 10.3. The molecule has 94 valence electrons. The summed E-state index contributed by atoms with van der Waals surface area (Å²) in [7, 11) is 0. The van der Waals surface area contributed by atoms with E-state index in [4.69, 9.17) is 5.11 Å². The van der Waals surface area contributed by atoms with Crippen LogP contribution >= 0.6 is 0 Å². The van der Waals surface area contributed by atoms with Gasteiger partial charge >= 0.3 is 5.97 Å². The Morgan fingerprint density at radius 2 is 1.79 bits per heavy atom. The van der Waals surface area contributed by atoms with Crippen LogP contribution in [-0.2, 0) is 6.54 Å². The highest BCUT2D eigenvalue weighted by Gasteiger charge is 2.22. The van der Waals surface area contributed by atoms with Gasteiger partial charge < -0.3 is 10.0 Å². The molecule has 0 atom stereocenters. The van der Waals surface area contributed by atoms with Crippen molar-refractivity contribution in [2.75, 3.05) is 4.90 Å². The summed E-state index contributed by atoms with van der Waals surface area (Å²) in [5, 5.41) is 8.90. The number of hydrogen-bond donors (Lipinski definition) is 1. The van der Waals surface area contributed by atoms with E-state index in [1.165, 1.54) is 5.56 Å². The van der Waals surface area contributed by atoms with Crippen molar-refractivity contribution in [3.63, 3.8) is 0 Å². The molecular weight excluding hydrogens is 238 g/mol. The van der Waals surface area contributed by atoms with Gasteiger partial charge in [0.15, 0.2) is 0 Å². The molecule has 0 amide bonds. The summed E-state index contributed by atoms with van der Waals surface area (Å²) in [5.74, 6) is -0.907. The van der Waals surface area contributed by atoms with E-state index < -0.39 is 5.97 Å². The van der Waals surface area contributed by atoms with E-state index in [9.17, 15) is 4.79 Å². The summed E-state index contributed by atoms with van der Waals surface area (Å²) < 4.78 is 0. The van der Waals surface area contributed by atoms with E-state index in [0.29, 0.717) is 5.56 Å². The first-order chi connectivity index (χ1) is 9.16. The first-order valence-corrected chi connectivity index (χ1v) is 6.05. The fourth-order valence-electron chi connectivity index (χ4n) is 2.38. The SMILES string of the molecule is C=C1c2ccccc2CN1c1ccc(C(=O)O)cc1. The Morgan fingerprint density at radius 3 is 2.42 bits per heavy atom. The van der Waals surface area contributed by atoms with Gasteiger partial charge in [-0.1, -0.05) is 30.8 Å². The minimum absolute atomic E-state index is 0.297. The zero-order valence-electron chi connectivity index (χ0n) is 10.3. The van der Waals surface area contributed by atoms with Crippen molar-refractivity contribution in [1.82, 2.24) is 0 Å². The second-order valence-electron chi connectivity index (χ2n) is 4.54. The maximum atomic E-state index is 10.8. The van der Waals surface area contributed by atoms with Crippen LogP contribution in [0.3, 0.4) is 0 Å². The maximum absolute atomic E-state index is 10.8. The monoisotopic (exact) mass is 251 g/mol.